The van der Waals surface area contributed by atoms with Crippen LogP contribution in [-0.2, 0) is 16.3 Å². The molecule has 2 atom stereocenters. The Morgan fingerprint density at radius 3 is 2.94 bits per heavy atom. The third-order valence-electron chi connectivity index (χ3n) is 5.56. The van der Waals surface area contributed by atoms with E-state index in [-0.39, 0.29) is 18.6 Å². The number of amides is 2. The monoisotopic (exact) mass is 471 g/mol. The van der Waals surface area contributed by atoms with Crippen molar-refractivity contribution < 1.29 is 19.2 Å². The summed E-state index contributed by atoms with van der Waals surface area (Å²) in [5, 5.41) is 10.9. The molecule has 7 nitrogen and oxygen atoms in total. The first-order valence-electron chi connectivity index (χ1n) is 10.1. The molecule has 32 heavy (non-hydrogen) atoms. The number of ether oxygens (including phenoxy) is 1. The van der Waals surface area contributed by atoms with Crippen molar-refractivity contribution in [2.75, 3.05) is 13.2 Å². The third kappa shape index (κ3) is 3.95. The number of nitrogens with zero attached hydrogens (tertiary/aromatic N) is 2. The molecule has 0 saturated carbocycles. The van der Waals surface area contributed by atoms with E-state index in [0.29, 0.717) is 23.3 Å². The van der Waals surface area contributed by atoms with Crippen molar-refractivity contribution in [1.29, 1.82) is 0 Å². The van der Waals surface area contributed by atoms with E-state index in [2.05, 4.69) is 10.5 Å². The van der Waals surface area contributed by atoms with Crippen LogP contribution in [0.25, 0.3) is 10.8 Å². The number of urea groups is 1. The minimum Gasteiger partial charge on any atom is -0.493 e. The second kappa shape index (κ2) is 8.86. The van der Waals surface area contributed by atoms with Gasteiger partial charge in [-0.05, 0) is 29.0 Å². The van der Waals surface area contributed by atoms with Crippen LogP contribution in [0.3, 0.4) is 0 Å². The van der Waals surface area contributed by atoms with Crippen molar-refractivity contribution >= 4 is 46.3 Å². The first kappa shape index (κ1) is 20.9. The van der Waals surface area contributed by atoms with Gasteiger partial charge in [0.2, 0.25) is 0 Å². The Balaban J connectivity index is 1.28. The molecule has 1 fully saturated rings. The molecule has 5 rings (SSSR count). The fourth-order valence-corrected chi connectivity index (χ4v) is 4.51. The first-order valence-corrected chi connectivity index (χ1v) is 10.8. The van der Waals surface area contributed by atoms with Crippen LogP contribution in [0.2, 0.25) is 10.0 Å². The van der Waals surface area contributed by atoms with E-state index in [1.54, 1.807) is 18.2 Å². The second-order valence-electron chi connectivity index (χ2n) is 7.53. The Morgan fingerprint density at radius 2 is 2.06 bits per heavy atom. The number of carbonyl (C=O) groups is 1. The molecule has 2 aliphatic heterocycles. The number of rotatable bonds is 4. The summed E-state index contributed by atoms with van der Waals surface area (Å²) in [5.74, 6) is 0.810. The standard InChI is InChI=1S/C23H19Cl2N3O4/c24-17-7-5-15(19(25)9-17)11-31-27-13-26-23(29)28-22-16(12-32-28)10-30-20-8-6-14-3-1-2-4-18(14)21(20)22/h1-9,13,16,22H,10-12H2,(H,26,27,29)/t16-,22+/m1/s1. The van der Waals surface area contributed by atoms with Crippen LogP contribution in [0.5, 0.6) is 5.75 Å². The Bertz CT molecular complexity index is 1200. The molecule has 2 amide bonds. The normalized spacial score (nSPS) is 19.5. The van der Waals surface area contributed by atoms with Gasteiger partial charge in [-0.15, -0.1) is 0 Å². The lowest BCUT2D eigenvalue weighted by Gasteiger charge is -2.32. The van der Waals surface area contributed by atoms with Crippen LogP contribution in [-0.4, -0.2) is 30.6 Å². The van der Waals surface area contributed by atoms with Gasteiger partial charge in [-0.2, -0.15) is 5.06 Å². The van der Waals surface area contributed by atoms with Crippen molar-refractivity contribution in [2.45, 2.75) is 12.6 Å². The third-order valence-corrected chi connectivity index (χ3v) is 6.14. The summed E-state index contributed by atoms with van der Waals surface area (Å²) >= 11 is 12.0. The van der Waals surface area contributed by atoms with Gasteiger partial charge in [0, 0.05) is 27.1 Å². The van der Waals surface area contributed by atoms with E-state index in [1.165, 1.54) is 11.4 Å². The molecule has 0 spiro atoms. The first-order chi connectivity index (χ1) is 15.6. The molecule has 0 aliphatic carbocycles. The number of oxime groups is 1. The van der Waals surface area contributed by atoms with E-state index in [1.807, 2.05) is 36.4 Å². The smallest absolute Gasteiger partial charge is 0.347 e. The summed E-state index contributed by atoms with van der Waals surface area (Å²) < 4.78 is 5.94. The van der Waals surface area contributed by atoms with Gasteiger partial charge in [0.15, 0.2) is 0 Å². The lowest BCUT2D eigenvalue weighted by Crippen LogP contribution is -2.40. The van der Waals surface area contributed by atoms with E-state index in [9.17, 15) is 4.79 Å². The van der Waals surface area contributed by atoms with Gasteiger partial charge in [0.1, 0.15) is 18.7 Å². The zero-order chi connectivity index (χ0) is 22.1. The minimum atomic E-state index is -0.435. The summed E-state index contributed by atoms with van der Waals surface area (Å²) in [4.78, 5) is 23.8. The molecule has 1 saturated heterocycles. The van der Waals surface area contributed by atoms with Gasteiger partial charge in [0.25, 0.3) is 0 Å². The lowest BCUT2D eigenvalue weighted by atomic mass is 9.88. The number of hydroxylamine groups is 2. The average Bonchev–Trinajstić information content (AvgIpc) is 3.24. The van der Waals surface area contributed by atoms with Crippen LogP contribution >= 0.6 is 23.2 Å². The summed E-state index contributed by atoms with van der Waals surface area (Å²) in [5.41, 5.74) is 1.69. The minimum absolute atomic E-state index is 0.0410. The predicted octanol–water partition coefficient (Wildman–Crippen LogP) is 5.31. The zero-order valence-electron chi connectivity index (χ0n) is 16.8. The molecule has 164 valence electrons. The zero-order valence-corrected chi connectivity index (χ0v) is 18.3. The predicted molar refractivity (Wildman–Crippen MR) is 122 cm³/mol. The molecule has 2 heterocycles. The molecule has 3 aromatic carbocycles. The highest BCUT2D eigenvalue weighted by Gasteiger charge is 2.45. The Kier molecular flexibility index (Phi) is 5.78. The van der Waals surface area contributed by atoms with Crippen LogP contribution in [0, 0.1) is 5.92 Å². The molecule has 0 unspecified atom stereocenters. The molecule has 2 aliphatic rings. The number of fused-ring (bicyclic) bond motifs is 5. The molecule has 0 radical (unpaired) electrons. The number of nitrogens with one attached hydrogen (secondary N) is 1. The van der Waals surface area contributed by atoms with Crippen molar-refractivity contribution in [1.82, 2.24) is 10.4 Å². The van der Waals surface area contributed by atoms with Crippen molar-refractivity contribution in [3.05, 3.63) is 75.8 Å². The topological polar surface area (TPSA) is 72.4 Å². The molecule has 0 bridgehead atoms. The number of hydrogen-bond acceptors (Lipinski definition) is 5. The van der Waals surface area contributed by atoms with Gasteiger partial charge < -0.3 is 9.57 Å². The molecule has 0 aromatic heterocycles. The summed E-state index contributed by atoms with van der Waals surface area (Å²) in [6.45, 7) is 1.02. The summed E-state index contributed by atoms with van der Waals surface area (Å²) in [6.07, 6.45) is 1.19. The van der Waals surface area contributed by atoms with Crippen molar-refractivity contribution in [3.8, 4) is 5.75 Å². The maximum absolute atomic E-state index is 12.8. The second-order valence-corrected chi connectivity index (χ2v) is 8.37. The highest BCUT2D eigenvalue weighted by molar-refractivity contribution is 6.35. The van der Waals surface area contributed by atoms with Crippen molar-refractivity contribution in [3.63, 3.8) is 0 Å². The van der Waals surface area contributed by atoms with E-state index in [0.717, 1.165) is 27.6 Å². The molecule has 3 aromatic rings. The lowest BCUT2D eigenvalue weighted by molar-refractivity contribution is -0.0862. The SMILES string of the molecule is O=C(N/C=N/OCc1ccc(Cl)cc1Cl)N1OC[C@H]2COc3ccc4ccccc4c3[C@H]21. The number of benzene rings is 3. The fraction of sp³-hybridized carbons (Fsp3) is 0.217. The summed E-state index contributed by atoms with van der Waals surface area (Å²) in [7, 11) is 0. The maximum atomic E-state index is 12.8. The van der Waals surface area contributed by atoms with Crippen LogP contribution in [0.15, 0.2) is 59.8 Å². The fourth-order valence-electron chi connectivity index (χ4n) is 4.05. The van der Waals surface area contributed by atoms with Gasteiger partial charge in [-0.25, -0.2) is 4.79 Å². The van der Waals surface area contributed by atoms with Crippen LogP contribution < -0.4 is 10.1 Å². The molecular formula is C23H19Cl2N3O4. The highest BCUT2D eigenvalue weighted by atomic mass is 35.5. The maximum Gasteiger partial charge on any atom is 0.347 e. The Hall–Kier alpha value is -3.00. The largest absolute Gasteiger partial charge is 0.493 e. The van der Waals surface area contributed by atoms with E-state index >= 15 is 0 Å². The van der Waals surface area contributed by atoms with E-state index in [4.69, 9.17) is 37.6 Å². The molecule has 1 N–H and O–H groups in total. The van der Waals surface area contributed by atoms with Crippen LogP contribution in [0.1, 0.15) is 17.2 Å². The molecule has 9 heteroatoms. The number of hydrogen-bond donors (Lipinski definition) is 1. The van der Waals surface area contributed by atoms with Gasteiger partial charge in [-0.3, -0.25) is 10.2 Å². The number of carbonyl (C=O) groups excluding carboxylic acids is 1. The molecular weight excluding hydrogens is 453 g/mol. The highest BCUT2D eigenvalue weighted by Crippen LogP contribution is 2.46. The quantitative estimate of drug-likeness (QED) is 0.317. The Labute approximate surface area is 194 Å². The van der Waals surface area contributed by atoms with Crippen LogP contribution in [0.4, 0.5) is 4.79 Å². The van der Waals surface area contributed by atoms with E-state index < -0.39 is 6.03 Å². The van der Waals surface area contributed by atoms with Gasteiger partial charge in [-0.1, -0.05) is 64.8 Å². The van der Waals surface area contributed by atoms with Crippen molar-refractivity contribution in [2.24, 2.45) is 11.1 Å². The van der Waals surface area contributed by atoms with Gasteiger partial charge in [0.05, 0.1) is 19.3 Å². The number of halogens is 2. The summed E-state index contributed by atoms with van der Waals surface area (Å²) in [6, 6.07) is 16.4. The Morgan fingerprint density at radius 1 is 1.19 bits per heavy atom. The van der Waals surface area contributed by atoms with Gasteiger partial charge >= 0.3 is 6.03 Å². The average molecular weight is 472 g/mol.